The molecule has 0 saturated carbocycles. The standard InChI is InChI=1S/C25H17Cl3F2N4O4S/c26-15-2-1-3-16(27)21(15)39-17-9-18(25(28,29)30)32-22(36)20(17)23(37)33-10-12-4-5-14(8-13(12)11-33)34-19(35)6-7-31-24(34)38/h1-5,8-9H,6-7,10-11H2,(H,31,38)(H,32,36). The minimum atomic E-state index is -3.90. The number of hydrogen-bond acceptors (Lipinski definition) is 5. The molecule has 14 heteroatoms. The van der Waals surface area contributed by atoms with Crippen molar-refractivity contribution in [2.24, 2.45) is 0 Å². The van der Waals surface area contributed by atoms with Crippen molar-refractivity contribution in [2.75, 3.05) is 11.4 Å². The summed E-state index contributed by atoms with van der Waals surface area (Å²) in [7, 11) is 0. The molecule has 0 spiro atoms. The third-order valence-electron chi connectivity index (χ3n) is 6.17. The van der Waals surface area contributed by atoms with Crippen LogP contribution in [0.4, 0.5) is 19.3 Å². The number of rotatable bonds is 5. The summed E-state index contributed by atoms with van der Waals surface area (Å²) in [4.78, 5) is 55.8. The molecule has 4 amide bonds. The second-order valence-corrected chi connectivity index (χ2v) is 11.1. The van der Waals surface area contributed by atoms with Crippen LogP contribution in [-0.4, -0.2) is 34.3 Å². The number of benzene rings is 2. The summed E-state index contributed by atoms with van der Waals surface area (Å²) in [5.74, 6) is -1.08. The van der Waals surface area contributed by atoms with E-state index in [-0.39, 0.29) is 57.4 Å². The number of halogens is 5. The molecular formula is C25H17Cl3F2N4O4S. The Kier molecular flexibility index (Phi) is 7.36. The number of aromatic nitrogens is 1. The average molecular weight is 614 g/mol. The van der Waals surface area contributed by atoms with Gasteiger partial charge in [-0.25, -0.2) is 9.69 Å². The van der Waals surface area contributed by atoms with Gasteiger partial charge in [-0.1, -0.05) is 47.1 Å². The number of nitrogens with zero attached hydrogens (tertiary/aromatic N) is 2. The molecule has 0 radical (unpaired) electrons. The summed E-state index contributed by atoms with van der Waals surface area (Å²) in [6, 6.07) is 9.95. The van der Waals surface area contributed by atoms with Crippen molar-refractivity contribution in [3.8, 4) is 0 Å². The number of H-pyrrole nitrogens is 1. The Balaban J connectivity index is 1.50. The van der Waals surface area contributed by atoms with E-state index >= 15 is 0 Å². The monoisotopic (exact) mass is 612 g/mol. The zero-order valence-corrected chi connectivity index (χ0v) is 22.8. The Hall–Kier alpha value is -3.12. The number of carbonyl (C=O) groups is 3. The van der Waals surface area contributed by atoms with Crippen molar-refractivity contribution in [2.45, 2.75) is 34.7 Å². The predicted octanol–water partition coefficient (Wildman–Crippen LogP) is 5.72. The van der Waals surface area contributed by atoms with Crippen LogP contribution in [0.2, 0.25) is 10.0 Å². The van der Waals surface area contributed by atoms with E-state index in [0.29, 0.717) is 11.3 Å². The Bertz CT molecular complexity index is 1560. The van der Waals surface area contributed by atoms with E-state index in [0.717, 1.165) is 28.3 Å². The maximum absolute atomic E-state index is 14.0. The molecule has 39 heavy (non-hydrogen) atoms. The van der Waals surface area contributed by atoms with E-state index in [9.17, 15) is 28.0 Å². The quantitative estimate of drug-likeness (QED) is 0.358. The zero-order valence-electron chi connectivity index (χ0n) is 19.7. The Morgan fingerprint density at radius 1 is 1.00 bits per heavy atom. The van der Waals surface area contributed by atoms with Gasteiger partial charge in [0.05, 0.1) is 15.7 Å². The van der Waals surface area contributed by atoms with Crippen LogP contribution in [0, 0.1) is 0 Å². The topological polar surface area (TPSA) is 103 Å². The van der Waals surface area contributed by atoms with Gasteiger partial charge >= 0.3 is 11.4 Å². The first kappa shape index (κ1) is 27.4. The van der Waals surface area contributed by atoms with Crippen LogP contribution < -0.4 is 15.8 Å². The van der Waals surface area contributed by atoms with Crippen LogP contribution in [0.25, 0.3) is 0 Å². The van der Waals surface area contributed by atoms with Crippen molar-refractivity contribution in [1.29, 1.82) is 0 Å². The van der Waals surface area contributed by atoms with Crippen LogP contribution >= 0.6 is 46.6 Å². The van der Waals surface area contributed by atoms with Gasteiger partial charge in [0.2, 0.25) is 5.91 Å². The molecular weight excluding hydrogens is 597 g/mol. The number of aromatic amines is 1. The van der Waals surface area contributed by atoms with Gasteiger partial charge in [0.1, 0.15) is 11.3 Å². The highest BCUT2D eigenvalue weighted by atomic mass is 35.5. The number of amides is 4. The number of pyridine rings is 1. The fraction of sp³-hybridized carbons (Fsp3) is 0.200. The average Bonchev–Trinajstić information content (AvgIpc) is 3.29. The highest BCUT2D eigenvalue weighted by Crippen LogP contribution is 2.42. The molecule has 0 atom stereocenters. The highest BCUT2D eigenvalue weighted by Gasteiger charge is 2.35. The van der Waals surface area contributed by atoms with Gasteiger partial charge in [0, 0.05) is 35.8 Å². The molecule has 1 saturated heterocycles. The summed E-state index contributed by atoms with van der Waals surface area (Å²) in [6.45, 7) is 0.415. The molecule has 8 nitrogen and oxygen atoms in total. The number of nitrogens with one attached hydrogen (secondary N) is 2. The lowest BCUT2D eigenvalue weighted by molar-refractivity contribution is -0.118. The van der Waals surface area contributed by atoms with Gasteiger partial charge in [-0.15, -0.1) is 0 Å². The highest BCUT2D eigenvalue weighted by molar-refractivity contribution is 7.99. The van der Waals surface area contributed by atoms with Crippen molar-refractivity contribution >= 4 is 70.1 Å². The number of carbonyl (C=O) groups excluding carboxylic acids is 3. The summed E-state index contributed by atoms with van der Waals surface area (Å²) < 4.78 is 27.9. The fourth-order valence-corrected chi connectivity index (χ4v) is 6.07. The second kappa shape index (κ2) is 10.5. The maximum Gasteiger partial charge on any atom is 0.362 e. The molecule has 2 aliphatic rings. The van der Waals surface area contributed by atoms with E-state index in [1.807, 2.05) is 4.98 Å². The van der Waals surface area contributed by atoms with Crippen LogP contribution in [0.15, 0.2) is 57.1 Å². The van der Waals surface area contributed by atoms with Crippen molar-refractivity contribution in [1.82, 2.24) is 15.2 Å². The lowest BCUT2D eigenvalue weighted by Crippen LogP contribution is -2.50. The zero-order chi connectivity index (χ0) is 28.1. The molecule has 3 aromatic rings. The predicted molar refractivity (Wildman–Crippen MR) is 143 cm³/mol. The van der Waals surface area contributed by atoms with E-state index < -0.39 is 28.6 Å². The molecule has 2 N–H and O–H groups in total. The van der Waals surface area contributed by atoms with Gasteiger partial charge in [0.25, 0.3) is 11.5 Å². The first-order chi connectivity index (χ1) is 18.4. The molecule has 2 aromatic carbocycles. The van der Waals surface area contributed by atoms with Crippen LogP contribution in [0.3, 0.4) is 0 Å². The number of imide groups is 1. The Morgan fingerprint density at radius 3 is 2.36 bits per heavy atom. The Morgan fingerprint density at radius 2 is 1.69 bits per heavy atom. The molecule has 202 valence electrons. The molecule has 5 rings (SSSR count). The van der Waals surface area contributed by atoms with Crippen molar-refractivity contribution in [3.05, 3.63) is 85.2 Å². The van der Waals surface area contributed by atoms with E-state index in [2.05, 4.69) is 5.32 Å². The number of hydrogen-bond donors (Lipinski definition) is 2. The summed E-state index contributed by atoms with van der Waals surface area (Å²) in [6.07, 6.45) is 0.156. The molecule has 2 aliphatic heterocycles. The molecule has 1 fully saturated rings. The first-order valence-corrected chi connectivity index (χ1v) is 13.4. The largest absolute Gasteiger partial charge is 0.362 e. The number of alkyl halides is 3. The van der Waals surface area contributed by atoms with E-state index in [1.54, 1.807) is 24.3 Å². The van der Waals surface area contributed by atoms with Gasteiger partial charge < -0.3 is 15.2 Å². The third kappa shape index (κ3) is 5.36. The number of anilines is 1. The number of fused-ring (bicyclic) bond motifs is 1. The number of urea groups is 1. The molecule has 0 bridgehead atoms. The van der Waals surface area contributed by atoms with Crippen molar-refractivity contribution < 1.29 is 23.2 Å². The SMILES string of the molecule is O=C(c1c(Sc2c(Cl)cccc2Cl)cc(C(F)(F)Cl)[nH]c1=O)N1Cc2ccc(N3C(=O)CCNC3=O)cc2C1. The van der Waals surface area contributed by atoms with Gasteiger partial charge in [-0.05, 0) is 53.1 Å². The lowest BCUT2D eigenvalue weighted by Gasteiger charge is -2.25. The maximum atomic E-state index is 14.0. The summed E-state index contributed by atoms with van der Waals surface area (Å²) in [5, 5.41) is -0.898. The van der Waals surface area contributed by atoms with Gasteiger partial charge in [-0.2, -0.15) is 8.78 Å². The fourth-order valence-electron chi connectivity index (χ4n) is 4.33. The Labute approximate surface area is 239 Å². The smallest absolute Gasteiger partial charge is 0.337 e. The first-order valence-electron chi connectivity index (χ1n) is 11.4. The third-order valence-corrected chi connectivity index (χ3v) is 8.42. The summed E-state index contributed by atoms with van der Waals surface area (Å²) in [5.41, 5.74) is -0.594. The lowest BCUT2D eigenvalue weighted by atomic mass is 10.1. The second-order valence-electron chi connectivity index (χ2n) is 8.73. The van der Waals surface area contributed by atoms with Gasteiger partial charge in [-0.3, -0.25) is 14.4 Å². The van der Waals surface area contributed by atoms with Crippen LogP contribution in [0.5, 0.6) is 0 Å². The van der Waals surface area contributed by atoms with E-state index in [1.165, 1.54) is 17.0 Å². The molecule has 0 unspecified atom stereocenters. The van der Waals surface area contributed by atoms with E-state index in [4.69, 9.17) is 34.8 Å². The van der Waals surface area contributed by atoms with Crippen molar-refractivity contribution in [3.63, 3.8) is 0 Å². The van der Waals surface area contributed by atoms with Gasteiger partial charge in [0.15, 0.2) is 0 Å². The molecule has 0 aliphatic carbocycles. The normalized spacial score (nSPS) is 15.4. The van der Waals surface area contributed by atoms with Crippen LogP contribution in [-0.2, 0) is 23.3 Å². The minimum absolute atomic E-state index is 0.0511. The summed E-state index contributed by atoms with van der Waals surface area (Å²) >= 11 is 18.5. The minimum Gasteiger partial charge on any atom is -0.337 e. The van der Waals surface area contributed by atoms with Crippen LogP contribution in [0.1, 0.15) is 33.6 Å². The molecule has 3 heterocycles. The molecule has 1 aromatic heterocycles.